The van der Waals surface area contributed by atoms with Gasteiger partial charge in [-0.2, -0.15) is 39.9 Å². The van der Waals surface area contributed by atoms with E-state index in [9.17, 15) is 20.4 Å². The lowest BCUT2D eigenvalue weighted by Crippen LogP contribution is -2.31. The Labute approximate surface area is 706 Å². The number of fused-ring (bicyclic) bond motifs is 4. The molecule has 28 heteroatoms. The lowest BCUT2D eigenvalue weighted by atomic mass is 10.1. The Hall–Kier alpha value is -11.5. The number of hydrogen-bond acceptors (Lipinski definition) is 24. The summed E-state index contributed by atoms with van der Waals surface area (Å²) in [6.07, 6.45) is 19.6. The van der Waals surface area contributed by atoms with Crippen molar-refractivity contribution < 1.29 is 20.4 Å². The molecule has 8 N–H and O–H groups in total. The molecule has 2 aliphatic carbocycles. The van der Waals surface area contributed by atoms with Crippen molar-refractivity contribution in [3.63, 3.8) is 0 Å². The first kappa shape index (κ1) is 87.8. The number of nitrogens with zero attached hydrogens (tertiary/aromatic N) is 20. The predicted octanol–water partition coefficient (Wildman–Crippen LogP) is 15.9. The molecular weight excluding hydrogens is 1510 g/mol. The number of aliphatic hydroxyl groups excluding tert-OH is 4. The molecule has 15 rings (SSSR count). The lowest BCUT2D eigenvalue weighted by Gasteiger charge is -2.25. The molecule has 2 aliphatic rings. The van der Waals surface area contributed by atoms with Crippen molar-refractivity contribution in [3.8, 4) is 0 Å². The minimum atomic E-state index is -0.102. The summed E-state index contributed by atoms with van der Waals surface area (Å²) >= 11 is 0. The van der Waals surface area contributed by atoms with Gasteiger partial charge >= 0.3 is 0 Å². The molecule has 0 bridgehead atoms. The zero-order valence-corrected chi connectivity index (χ0v) is 71.9. The molecule has 8 aromatic heterocycles. The molecule has 28 nitrogen and oxygen atoms in total. The molecule has 0 unspecified atom stereocenters. The monoisotopic (exact) mass is 1630 g/mol. The Kier molecular flexibility index (Phi) is 31.8. The van der Waals surface area contributed by atoms with Crippen LogP contribution in [0, 0.1) is 5.92 Å². The van der Waals surface area contributed by atoms with Crippen molar-refractivity contribution in [3.05, 3.63) is 205 Å². The molecule has 636 valence electrons. The summed E-state index contributed by atoms with van der Waals surface area (Å²) in [5.74, 6) is 5.66. The third-order valence-electron chi connectivity index (χ3n) is 22.6. The lowest BCUT2D eigenvalue weighted by molar-refractivity contribution is 0.248. The Balaban J connectivity index is 0.000000147. The smallest absolute Gasteiger partial charge is 0.227 e. The van der Waals surface area contributed by atoms with E-state index in [1.165, 1.54) is 79.2 Å². The summed E-state index contributed by atoms with van der Waals surface area (Å²) < 4.78 is 8.56. The van der Waals surface area contributed by atoms with Gasteiger partial charge < -0.3 is 79.6 Å². The normalized spacial score (nSPS) is 14.0. The number of hydrogen-bond donors (Lipinski definition) is 8. The standard InChI is InChI=1S/C25H30N6O.C24H34N6O.C22H30N6O.C21H30N6O/c1-3-21(17-32)27-25-28-23(30(4-2)15-19-11-7-5-8-12-19)22-24(29-25)31(18-26-22)16-20-13-9-6-10-14-20;1-4-29(14-18-10-6-5-7-11-18)22-21-23(30(16-25-21)19-12-8-9-13-19)28-24(27-22)26-20(15-31)17(2)3;1-3-17(14-29)24-22-25-20(27(2)13-16-9-5-4-6-10-16)19-21(26-22)28(15-23-19)18-11-7-8-12-18;1-5-17(13-28)23-21-24-19(18-20(25-21)27(14-22-18)15(3)4)26(6-2)12-16-10-8-7-9-11-16/h5-14,18,21,32H,3-4,15-17H2,1-2H3,(H,27,28,29);5-7,10-11,16-17,19-20,31H,4,8-9,12-15H2,1-3H3,(H,26,27,28);4-6,9-10,15,17-18,29H,3,7-8,11-14H2,1-2H3,(H,24,25,26);7-11,14-15,17,28H,5-6,12-13H2,1-4H3,(H,23,24,25)/t21-;20-;2*17-/m1011/s1. The van der Waals surface area contributed by atoms with Gasteiger partial charge in [-0.05, 0) is 113 Å². The van der Waals surface area contributed by atoms with E-state index >= 15 is 0 Å². The van der Waals surface area contributed by atoms with Gasteiger partial charge in [0.1, 0.15) is 0 Å². The second kappa shape index (κ2) is 43.5. The summed E-state index contributed by atoms with van der Waals surface area (Å²) in [5.41, 5.74) is 12.7. The van der Waals surface area contributed by atoms with Crippen LogP contribution in [0.2, 0.25) is 0 Å². The highest BCUT2D eigenvalue weighted by atomic mass is 16.3. The molecule has 2 fully saturated rings. The number of rotatable bonds is 36. The Morgan fingerprint density at radius 1 is 0.367 bits per heavy atom. The van der Waals surface area contributed by atoms with E-state index < -0.39 is 0 Å². The van der Waals surface area contributed by atoms with Gasteiger partial charge in [-0.15, -0.1) is 0 Å². The maximum atomic E-state index is 9.83. The van der Waals surface area contributed by atoms with E-state index in [4.69, 9.17) is 54.8 Å². The highest BCUT2D eigenvalue weighted by Crippen LogP contribution is 2.38. The minimum Gasteiger partial charge on any atom is -0.394 e. The molecular formula is C92H124N24O4. The summed E-state index contributed by atoms with van der Waals surface area (Å²) in [5, 5.41) is 51.9. The fourth-order valence-corrected chi connectivity index (χ4v) is 15.3. The fraction of sp³-hybridized carbons (Fsp3) is 0.457. The van der Waals surface area contributed by atoms with Crippen molar-refractivity contribution >= 4 is 91.7 Å². The Morgan fingerprint density at radius 2 is 0.692 bits per heavy atom. The molecule has 0 saturated heterocycles. The zero-order valence-electron chi connectivity index (χ0n) is 71.9. The SMILES string of the molecule is CCN(Cc1ccccc1)c1nc(N[C@@H](CO)C(C)C)nc2c1ncn2C1CCCC1.CC[C@H](CO)Nc1nc(N(C)Cc2ccccc2)c2ncn(C3CCCC3)c2n1.CC[C@H](CO)Nc1nc(N(CC)Cc2ccccc2)c2ncn(C(C)C)c2n1.CC[C@H](CO)Nc1nc(N(CC)Cc2ccccc2)c2ncn(Cc3ccccc3)c2n1. The van der Waals surface area contributed by atoms with E-state index in [1.807, 2.05) is 132 Å². The number of imidazole rings is 4. The Bertz CT molecular complexity index is 5220. The van der Waals surface area contributed by atoms with Crippen LogP contribution in [0.4, 0.5) is 47.1 Å². The van der Waals surface area contributed by atoms with Crippen molar-refractivity contribution in [2.45, 2.75) is 215 Å². The van der Waals surface area contributed by atoms with Crippen molar-refractivity contribution in [2.24, 2.45) is 5.92 Å². The molecule has 120 heavy (non-hydrogen) atoms. The van der Waals surface area contributed by atoms with E-state index in [0.717, 1.165) is 133 Å². The largest absolute Gasteiger partial charge is 0.394 e. The third-order valence-corrected chi connectivity index (χ3v) is 22.6. The molecule has 5 aromatic carbocycles. The quantitative estimate of drug-likeness (QED) is 0.0181. The molecule has 8 heterocycles. The molecule has 0 amide bonds. The zero-order chi connectivity index (χ0) is 84.4. The van der Waals surface area contributed by atoms with Crippen molar-refractivity contribution in [1.29, 1.82) is 0 Å². The first-order valence-electron chi connectivity index (χ1n) is 43.2. The first-order chi connectivity index (χ1) is 58.6. The van der Waals surface area contributed by atoms with Gasteiger partial charge in [-0.1, -0.05) is 212 Å². The molecule has 4 atom stereocenters. The second-order valence-electron chi connectivity index (χ2n) is 31.8. The van der Waals surface area contributed by atoms with Gasteiger partial charge in [0.05, 0.1) is 82.4 Å². The summed E-state index contributed by atoms with van der Waals surface area (Å²) in [6, 6.07) is 52.6. The van der Waals surface area contributed by atoms with Gasteiger partial charge in [0, 0.05) is 71.0 Å². The molecule has 0 radical (unpaired) electrons. The average Bonchev–Trinajstić information content (AvgIpc) is 1.63. The van der Waals surface area contributed by atoms with Crippen LogP contribution in [-0.2, 0) is 32.7 Å². The van der Waals surface area contributed by atoms with Gasteiger partial charge in [-0.3, -0.25) is 0 Å². The number of aliphatic hydroxyl groups is 4. The van der Waals surface area contributed by atoms with Crippen LogP contribution < -0.4 is 40.9 Å². The average molecular weight is 1630 g/mol. The van der Waals surface area contributed by atoms with E-state index in [2.05, 4.69) is 185 Å². The number of nitrogens with one attached hydrogen (secondary N) is 4. The topological polar surface area (TPSA) is 316 Å². The fourth-order valence-electron chi connectivity index (χ4n) is 15.3. The molecule has 0 spiro atoms. The first-order valence-corrected chi connectivity index (χ1v) is 43.2. The van der Waals surface area contributed by atoms with Gasteiger partial charge in [-0.25, -0.2) is 19.9 Å². The van der Waals surface area contributed by atoms with Gasteiger partial charge in [0.2, 0.25) is 23.8 Å². The third kappa shape index (κ3) is 22.3. The van der Waals surface area contributed by atoms with Crippen molar-refractivity contribution in [1.82, 2.24) is 78.1 Å². The minimum absolute atomic E-state index is 0.0258. The highest BCUT2D eigenvalue weighted by Gasteiger charge is 2.29. The van der Waals surface area contributed by atoms with Crippen LogP contribution in [-0.4, -0.2) is 176 Å². The highest BCUT2D eigenvalue weighted by molar-refractivity contribution is 5.88. The van der Waals surface area contributed by atoms with Crippen molar-refractivity contribution in [2.75, 3.05) is 94.0 Å². The maximum Gasteiger partial charge on any atom is 0.227 e. The van der Waals surface area contributed by atoms with Crippen LogP contribution >= 0.6 is 0 Å². The number of benzene rings is 5. The van der Waals surface area contributed by atoms with Gasteiger partial charge in [0.15, 0.2) is 67.9 Å². The van der Waals surface area contributed by atoms with E-state index in [1.54, 1.807) is 0 Å². The van der Waals surface area contributed by atoms with Crippen LogP contribution in [0.3, 0.4) is 0 Å². The number of anilines is 8. The maximum absolute atomic E-state index is 9.83. The van der Waals surface area contributed by atoms with E-state index in [-0.39, 0.29) is 62.6 Å². The summed E-state index contributed by atoms with van der Waals surface area (Å²) in [4.78, 5) is 66.1. The second-order valence-corrected chi connectivity index (χ2v) is 31.8. The van der Waals surface area contributed by atoms with Crippen LogP contribution in [0.1, 0.15) is 186 Å². The van der Waals surface area contributed by atoms with Crippen LogP contribution in [0.15, 0.2) is 177 Å². The van der Waals surface area contributed by atoms with Gasteiger partial charge in [0.25, 0.3) is 0 Å². The summed E-state index contributed by atoms with van der Waals surface area (Å²) in [6.45, 7) is 27.1. The van der Waals surface area contributed by atoms with E-state index in [0.29, 0.717) is 42.4 Å². The summed E-state index contributed by atoms with van der Waals surface area (Å²) in [7, 11) is 2.04. The van der Waals surface area contributed by atoms with Crippen LogP contribution in [0.25, 0.3) is 44.7 Å². The predicted molar refractivity (Wildman–Crippen MR) is 484 cm³/mol. The number of aromatic nitrogens is 16. The molecule has 2 saturated carbocycles. The molecule has 0 aliphatic heterocycles. The Morgan fingerprint density at radius 3 is 1.06 bits per heavy atom. The molecule has 13 aromatic rings. The van der Waals surface area contributed by atoms with Crippen LogP contribution in [0.5, 0.6) is 0 Å².